The molecule has 1 saturated carbocycles. The number of aromatic amines is 1. The number of aromatic nitrogens is 3. The number of hydrogen-bond donors (Lipinski definition) is 1. The highest BCUT2D eigenvalue weighted by atomic mass is 79.9. The van der Waals surface area contributed by atoms with Crippen LogP contribution in [0.25, 0.3) is 0 Å². The molecule has 0 spiro atoms. The average Bonchev–Trinajstić information content (AvgIpc) is 2.94. The van der Waals surface area contributed by atoms with Crippen molar-refractivity contribution in [1.29, 1.82) is 0 Å². The molecule has 7 heteroatoms. The Morgan fingerprint density at radius 1 is 1.39 bits per heavy atom. The van der Waals surface area contributed by atoms with Crippen LogP contribution in [0.5, 0.6) is 5.75 Å². The van der Waals surface area contributed by atoms with Gasteiger partial charge in [-0.2, -0.15) is 14.9 Å². The van der Waals surface area contributed by atoms with Gasteiger partial charge in [-0.3, -0.25) is 5.10 Å². The quantitative estimate of drug-likeness (QED) is 0.606. The van der Waals surface area contributed by atoms with Crippen LogP contribution in [-0.4, -0.2) is 28.2 Å². The van der Waals surface area contributed by atoms with Gasteiger partial charge in [-0.25, -0.2) is 0 Å². The van der Waals surface area contributed by atoms with Gasteiger partial charge in [0.1, 0.15) is 5.75 Å². The van der Waals surface area contributed by atoms with Crippen molar-refractivity contribution in [2.24, 2.45) is 5.10 Å². The molecule has 3 rings (SSSR count). The normalized spacial score (nSPS) is 16.1. The van der Waals surface area contributed by atoms with Crippen molar-refractivity contribution in [2.45, 2.75) is 38.0 Å². The van der Waals surface area contributed by atoms with Gasteiger partial charge in [0, 0.05) is 16.0 Å². The van der Waals surface area contributed by atoms with E-state index in [9.17, 15) is 0 Å². The second-order valence-electron chi connectivity index (χ2n) is 5.66. The van der Waals surface area contributed by atoms with E-state index in [1.165, 1.54) is 19.3 Å². The lowest BCUT2D eigenvalue weighted by atomic mass is 9.89. The van der Waals surface area contributed by atoms with Crippen LogP contribution in [0.1, 0.15) is 49.4 Å². The zero-order valence-electron chi connectivity index (χ0n) is 13.0. The summed E-state index contributed by atoms with van der Waals surface area (Å²) in [6.07, 6.45) is 7.85. The Kier molecular flexibility index (Phi) is 5.27. The summed E-state index contributed by atoms with van der Waals surface area (Å²) in [5, 5.41) is 11.8. The summed E-state index contributed by atoms with van der Waals surface area (Å²) < 4.78 is 8.62. The van der Waals surface area contributed by atoms with Gasteiger partial charge in [-0.15, -0.1) is 0 Å². The van der Waals surface area contributed by atoms with E-state index in [1.54, 1.807) is 18.0 Å². The van der Waals surface area contributed by atoms with Crippen molar-refractivity contribution in [1.82, 2.24) is 14.9 Å². The van der Waals surface area contributed by atoms with Gasteiger partial charge in [-0.1, -0.05) is 35.2 Å². The molecule has 5 nitrogen and oxygen atoms in total. The Hall–Kier alpha value is -1.47. The van der Waals surface area contributed by atoms with E-state index in [1.807, 2.05) is 18.2 Å². The molecule has 23 heavy (non-hydrogen) atoms. The zero-order valence-corrected chi connectivity index (χ0v) is 15.4. The summed E-state index contributed by atoms with van der Waals surface area (Å²) in [6, 6.07) is 5.81. The first-order chi connectivity index (χ1) is 11.2. The topological polar surface area (TPSA) is 55.2 Å². The number of nitrogens with zero attached hydrogens (tertiary/aromatic N) is 3. The number of rotatable bonds is 4. The lowest BCUT2D eigenvalue weighted by Gasteiger charge is -2.19. The van der Waals surface area contributed by atoms with Crippen LogP contribution in [-0.2, 0) is 0 Å². The molecule has 0 unspecified atom stereocenters. The van der Waals surface area contributed by atoms with Gasteiger partial charge in [-0.05, 0) is 43.3 Å². The Balaban J connectivity index is 1.92. The Morgan fingerprint density at radius 3 is 2.91 bits per heavy atom. The maximum Gasteiger partial charge on any atom is 0.216 e. The number of benzene rings is 1. The number of hydrogen-bond acceptors (Lipinski definition) is 4. The Bertz CT molecular complexity index is 762. The predicted octanol–water partition coefficient (Wildman–Crippen LogP) is 4.64. The summed E-state index contributed by atoms with van der Waals surface area (Å²) in [6.45, 7) is 0. The molecule has 122 valence electrons. The fourth-order valence-corrected chi connectivity index (χ4v) is 3.53. The largest absolute Gasteiger partial charge is 0.496 e. The first-order valence-corrected chi connectivity index (χ1v) is 8.94. The molecule has 2 aromatic rings. The third kappa shape index (κ3) is 3.72. The highest BCUT2D eigenvalue weighted by Crippen LogP contribution is 2.31. The molecule has 1 fully saturated rings. The molecule has 0 radical (unpaired) electrons. The van der Waals surface area contributed by atoms with E-state index in [-0.39, 0.29) is 0 Å². The van der Waals surface area contributed by atoms with Gasteiger partial charge in [0.05, 0.1) is 13.3 Å². The fraction of sp³-hybridized carbons (Fsp3) is 0.438. The number of halogens is 1. The summed E-state index contributed by atoms with van der Waals surface area (Å²) in [4.78, 5) is 0. The van der Waals surface area contributed by atoms with E-state index in [0.717, 1.165) is 34.5 Å². The molecular formula is C16H19BrN4OS. The molecule has 1 aliphatic carbocycles. The molecular weight excluding hydrogens is 376 g/mol. The lowest BCUT2D eigenvalue weighted by molar-refractivity contribution is 0.414. The first kappa shape index (κ1) is 16.4. The second kappa shape index (κ2) is 7.40. The van der Waals surface area contributed by atoms with Crippen molar-refractivity contribution in [2.75, 3.05) is 7.11 Å². The van der Waals surface area contributed by atoms with Crippen LogP contribution in [0.15, 0.2) is 27.8 Å². The lowest BCUT2D eigenvalue weighted by Crippen LogP contribution is -2.10. The monoisotopic (exact) mass is 394 g/mol. The van der Waals surface area contributed by atoms with Crippen molar-refractivity contribution < 1.29 is 4.74 Å². The standard InChI is InChI=1S/C16H19BrN4OS/c1-22-14-8-7-13(17)9-12(14)10-18-21-15(19-20-16(21)23)11-5-3-2-4-6-11/h7-11H,2-6H2,1H3,(H,20,23)/b18-10-. The van der Waals surface area contributed by atoms with Crippen LogP contribution in [0, 0.1) is 4.77 Å². The van der Waals surface area contributed by atoms with Crippen molar-refractivity contribution >= 4 is 34.4 Å². The van der Waals surface area contributed by atoms with Crippen LogP contribution >= 0.6 is 28.1 Å². The predicted molar refractivity (Wildman–Crippen MR) is 96.9 cm³/mol. The summed E-state index contributed by atoms with van der Waals surface area (Å²) >= 11 is 8.81. The molecule has 1 aromatic heterocycles. The molecule has 0 saturated heterocycles. The average molecular weight is 395 g/mol. The minimum Gasteiger partial charge on any atom is -0.496 e. The summed E-state index contributed by atoms with van der Waals surface area (Å²) in [7, 11) is 1.65. The smallest absolute Gasteiger partial charge is 0.216 e. The first-order valence-electron chi connectivity index (χ1n) is 7.74. The van der Waals surface area contributed by atoms with E-state index in [4.69, 9.17) is 17.0 Å². The van der Waals surface area contributed by atoms with Crippen molar-refractivity contribution in [3.8, 4) is 5.75 Å². The van der Waals surface area contributed by atoms with E-state index in [2.05, 4.69) is 31.2 Å². The van der Waals surface area contributed by atoms with E-state index >= 15 is 0 Å². The Labute approximate surface area is 148 Å². The van der Waals surface area contributed by atoms with Gasteiger partial charge in [0.25, 0.3) is 0 Å². The third-order valence-corrected chi connectivity index (χ3v) is 4.91. The van der Waals surface area contributed by atoms with Crippen LogP contribution in [0.2, 0.25) is 0 Å². The molecule has 0 amide bonds. The van der Waals surface area contributed by atoms with Crippen LogP contribution < -0.4 is 4.74 Å². The molecule has 0 bridgehead atoms. The maximum absolute atomic E-state index is 5.38. The summed E-state index contributed by atoms with van der Waals surface area (Å²) in [5.41, 5.74) is 0.888. The van der Waals surface area contributed by atoms with Crippen molar-refractivity contribution in [3.05, 3.63) is 38.8 Å². The molecule has 0 aliphatic heterocycles. The van der Waals surface area contributed by atoms with Gasteiger partial charge < -0.3 is 4.74 Å². The van der Waals surface area contributed by atoms with Gasteiger partial charge in [0.15, 0.2) is 5.82 Å². The minimum absolute atomic E-state index is 0.429. The van der Waals surface area contributed by atoms with Gasteiger partial charge >= 0.3 is 0 Å². The number of H-pyrrole nitrogens is 1. The third-order valence-electron chi connectivity index (χ3n) is 4.15. The van der Waals surface area contributed by atoms with Crippen LogP contribution in [0.3, 0.4) is 0 Å². The molecule has 1 aromatic carbocycles. The maximum atomic E-state index is 5.38. The minimum atomic E-state index is 0.429. The SMILES string of the molecule is COc1ccc(Br)cc1/C=N\n1c(C2CCCCC2)n[nH]c1=S. The number of ether oxygens (including phenoxy) is 1. The molecule has 1 aliphatic rings. The van der Waals surface area contributed by atoms with Crippen LogP contribution in [0.4, 0.5) is 0 Å². The highest BCUT2D eigenvalue weighted by Gasteiger charge is 2.21. The second-order valence-corrected chi connectivity index (χ2v) is 6.97. The molecule has 0 atom stereocenters. The van der Waals surface area contributed by atoms with E-state index in [0.29, 0.717) is 10.7 Å². The highest BCUT2D eigenvalue weighted by molar-refractivity contribution is 9.10. The zero-order chi connectivity index (χ0) is 16.2. The van der Waals surface area contributed by atoms with E-state index < -0.39 is 0 Å². The summed E-state index contributed by atoms with van der Waals surface area (Å²) in [5.74, 6) is 2.13. The number of methoxy groups -OCH3 is 1. The number of nitrogens with one attached hydrogen (secondary N) is 1. The molecule has 1 heterocycles. The fourth-order valence-electron chi connectivity index (χ4n) is 2.97. The van der Waals surface area contributed by atoms with Crippen molar-refractivity contribution in [3.63, 3.8) is 0 Å². The Morgan fingerprint density at radius 2 is 2.17 bits per heavy atom. The molecule has 1 N–H and O–H groups in total. The van der Waals surface area contributed by atoms with Gasteiger partial charge in [0.2, 0.25) is 4.77 Å².